The molecule has 0 fully saturated rings. The molecule has 9 heteroatoms. The first-order valence-electron chi connectivity index (χ1n) is 8.72. The first-order valence-corrected chi connectivity index (χ1v) is 9.50. The van der Waals surface area contributed by atoms with Gasteiger partial charge in [0.1, 0.15) is 16.5 Å². The normalized spacial score (nSPS) is 16.6. The van der Waals surface area contributed by atoms with Gasteiger partial charge >= 0.3 is 5.69 Å². The number of halogens is 1. The number of carbonyl (C=O) groups is 1. The Bertz CT molecular complexity index is 994. The number of nitrogens with zero attached hydrogens (tertiary/aromatic N) is 4. The molecule has 3 aromatic rings. The van der Waals surface area contributed by atoms with Crippen LogP contribution in [0, 0.1) is 5.82 Å². The first-order chi connectivity index (χ1) is 13.1. The smallest absolute Gasteiger partial charge is 0.346 e. The summed E-state index contributed by atoms with van der Waals surface area (Å²) in [5.41, 5.74) is 0.644. The van der Waals surface area contributed by atoms with Crippen LogP contribution in [0.2, 0.25) is 0 Å². The predicted molar refractivity (Wildman–Crippen MR) is 98.3 cm³/mol. The second kappa shape index (κ2) is 7.43. The Labute approximate surface area is 158 Å². The van der Waals surface area contributed by atoms with Crippen LogP contribution >= 0.6 is 11.5 Å². The molecule has 1 atom stereocenters. The molecule has 1 amide bonds. The zero-order valence-corrected chi connectivity index (χ0v) is 15.3. The third-order valence-electron chi connectivity index (χ3n) is 4.66. The van der Waals surface area contributed by atoms with Crippen LogP contribution in [-0.4, -0.2) is 30.7 Å². The summed E-state index contributed by atoms with van der Waals surface area (Å²) in [6.07, 6.45) is 3.60. The largest absolute Gasteiger partial charge is 0.348 e. The van der Waals surface area contributed by atoms with E-state index in [1.165, 1.54) is 16.8 Å². The highest BCUT2D eigenvalue weighted by Crippen LogP contribution is 2.14. The fourth-order valence-corrected chi connectivity index (χ4v) is 3.73. The Balaban J connectivity index is 1.44. The molecule has 3 heterocycles. The molecule has 1 aromatic carbocycles. The van der Waals surface area contributed by atoms with Gasteiger partial charge in [0.25, 0.3) is 5.91 Å². The molecule has 0 aliphatic carbocycles. The number of rotatable bonds is 4. The molecule has 0 saturated carbocycles. The monoisotopic (exact) mass is 387 g/mol. The Morgan fingerprint density at radius 1 is 1.26 bits per heavy atom. The van der Waals surface area contributed by atoms with Gasteiger partial charge in [-0.2, -0.15) is 5.10 Å². The van der Waals surface area contributed by atoms with Gasteiger partial charge in [-0.05, 0) is 48.1 Å². The fraction of sp³-hybridized carbons (Fsp3) is 0.333. The summed E-state index contributed by atoms with van der Waals surface area (Å²) in [6.45, 7) is 0.815. The van der Waals surface area contributed by atoms with Gasteiger partial charge in [-0.15, -0.1) is 0 Å². The maximum absolute atomic E-state index is 13.0. The van der Waals surface area contributed by atoms with E-state index in [0.29, 0.717) is 30.8 Å². The van der Waals surface area contributed by atoms with E-state index in [1.54, 1.807) is 29.0 Å². The molecule has 27 heavy (non-hydrogen) atoms. The quantitative estimate of drug-likeness (QED) is 0.740. The lowest BCUT2D eigenvalue weighted by Crippen LogP contribution is -2.35. The molecular weight excluding hydrogens is 369 g/mol. The van der Waals surface area contributed by atoms with E-state index in [0.717, 1.165) is 29.3 Å². The van der Waals surface area contributed by atoms with Gasteiger partial charge in [0.2, 0.25) is 0 Å². The van der Waals surface area contributed by atoms with Crippen LogP contribution in [-0.2, 0) is 19.5 Å². The van der Waals surface area contributed by atoms with E-state index in [4.69, 9.17) is 0 Å². The number of carbonyl (C=O) groups excluding carboxylic acids is 1. The first kappa shape index (κ1) is 17.6. The van der Waals surface area contributed by atoms with Crippen molar-refractivity contribution < 1.29 is 9.18 Å². The van der Waals surface area contributed by atoms with Gasteiger partial charge in [0.15, 0.2) is 0 Å². The molecule has 7 nitrogen and oxygen atoms in total. The number of aromatic nitrogens is 4. The third-order valence-corrected chi connectivity index (χ3v) is 5.40. The fourth-order valence-electron chi connectivity index (χ4n) is 3.23. The van der Waals surface area contributed by atoms with Gasteiger partial charge in [-0.1, -0.05) is 12.1 Å². The van der Waals surface area contributed by atoms with Gasteiger partial charge in [0.05, 0.1) is 6.54 Å². The highest BCUT2D eigenvalue weighted by Gasteiger charge is 2.22. The number of hydrogen-bond acceptors (Lipinski definition) is 5. The Hall–Kier alpha value is -2.81. The van der Waals surface area contributed by atoms with Crippen molar-refractivity contribution >= 4 is 17.4 Å². The van der Waals surface area contributed by atoms with Crippen molar-refractivity contribution in [2.45, 2.75) is 38.4 Å². The lowest BCUT2D eigenvalue weighted by Gasteiger charge is -2.15. The molecule has 0 bridgehead atoms. The Morgan fingerprint density at radius 3 is 2.81 bits per heavy atom. The van der Waals surface area contributed by atoms with Crippen molar-refractivity contribution in [2.75, 3.05) is 0 Å². The van der Waals surface area contributed by atoms with Crippen LogP contribution in [0.3, 0.4) is 0 Å². The minimum atomic E-state index is -0.307. The van der Waals surface area contributed by atoms with Gasteiger partial charge in [-0.3, -0.25) is 9.36 Å². The number of amides is 1. The summed E-state index contributed by atoms with van der Waals surface area (Å²) < 4.78 is 20.1. The van der Waals surface area contributed by atoms with Crippen LogP contribution in [0.15, 0.2) is 41.3 Å². The summed E-state index contributed by atoms with van der Waals surface area (Å²) in [5, 5.41) is 7.46. The van der Waals surface area contributed by atoms with Crippen LogP contribution < -0.4 is 11.0 Å². The molecule has 0 saturated heterocycles. The molecule has 1 aliphatic rings. The average molecular weight is 387 g/mol. The average Bonchev–Trinajstić information content (AvgIpc) is 3.24. The van der Waals surface area contributed by atoms with E-state index in [2.05, 4.69) is 14.8 Å². The minimum absolute atomic E-state index is 0.00810. The van der Waals surface area contributed by atoms with E-state index >= 15 is 0 Å². The molecule has 1 unspecified atom stereocenters. The number of nitrogens with one attached hydrogen (secondary N) is 1. The van der Waals surface area contributed by atoms with Crippen molar-refractivity contribution in [3.8, 4) is 0 Å². The number of fused-ring (bicyclic) bond motifs is 1. The summed E-state index contributed by atoms with van der Waals surface area (Å²) in [4.78, 5) is 25.4. The van der Waals surface area contributed by atoms with Gasteiger partial charge < -0.3 is 5.32 Å². The van der Waals surface area contributed by atoms with Crippen molar-refractivity contribution in [3.63, 3.8) is 0 Å². The molecule has 1 aliphatic heterocycles. The molecule has 1 N–H and O–H groups in total. The molecule has 0 radical (unpaired) electrons. The van der Waals surface area contributed by atoms with Crippen LogP contribution in [0.25, 0.3) is 0 Å². The number of benzene rings is 1. The van der Waals surface area contributed by atoms with Crippen LogP contribution in [0.5, 0.6) is 0 Å². The summed E-state index contributed by atoms with van der Waals surface area (Å²) in [5.74, 6) is 0.283. The summed E-state index contributed by atoms with van der Waals surface area (Å²) in [7, 11) is 0. The van der Waals surface area contributed by atoms with E-state index in [-0.39, 0.29) is 23.5 Å². The second-order valence-corrected chi connectivity index (χ2v) is 7.34. The maximum atomic E-state index is 13.0. The molecular formula is C18H18FN5O2S. The van der Waals surface area contributed by atoms with Crippen molar-refractivity contribution in [3.05, 3.63) is 69.1 Å². The Kier molecular flexibility index (Phi) is 4.85. The predicted octanol–water partition coefficient (Wildman–Crippen LogP) is 1.82. The van der Waals surface area contributed by atoms with E-state index in [9.17, 15) is 14.0 Å². The summed E-state index contributed by atoms with van der Waals surface area (Å²) in [6, 6.07) is 7.73. The molecule has 140 valence electrons. The lowest BCUT2D eigenvalue weighted by molar-refractivity contribution is 0.0937. The zero-order valence-electron chi connectivity index (χ0n) is 14.5. The van der Waals surface area contributed by atoms with E-state index < -0.39 is 0 Å². The Morgan fingerprint density at radius 2 is 2.07 bits per heavy atom. The van der Waals surface area contributed by atoms with Crippen molar-refractivity contribution in [1.29, 1.82) is 0 Å². The summed E-state index contributed by atoms with van der Waals surface area (Å²) >= 11 is 1.16. The lowest BCUT2D eigenvalue weighted by atomic mass is 10.1. The van der Waals surface area contributed by atoms with Crippen LogP contribution in [0.4, 0.5) is 4.39 Å². The minimum Gasteiger partial charge on any atom is -0.348 e. The number of aryl methyl sites for hydroxylation is 1. The van der Waals surface area contributed by atoms with Gasteiger partial charge in [0, 0.05) is 25.2 Å². The van der Waals surface area contributed by atoms with E-state index in [1.807, 2.05) is 0 Å². The highest BCUT2D eigenvalue weighted by atomic mass is 32.1. The standard InChI is InChI=1S/C18H18FN5O2S/c19-13-3-1-12(2-4-13)11-24-18(26)23-10-8-14(5-6-16(23)22-24)21-17(25)15-7-9-20-27-15/h1-4,7,9,14H,5-6,8,10-11H2,(H,21,25). The zero-order chi connectivity index (χ0) is 18.8. The SMILES string of the molecule is O=C(NC1CCc2nn(Cc3ccc(F)cc3)c(=O)n2CC1)c1ccns1. The topological polar surface area (TPSA) is 81.8 Å². The maximum Gasteiger partial charge on any atom is 0.346 e. The number of hydrogen-bond donors (Lipinski definition) is 1. The molecule has 0 spiro atoms. The van der Waals surface area contributed by atoms with Crippen LogP contribution in [0.1, 0.15) is 33.9 Å². The molecule has 4 rings (SSSR count). The van der Waals surface area contributed by atoms with Gasteiger partial charge in [-0.25, -0.2) is 18.2 Å². The van der Waals surface area contributed by atoms with Crippen molar-refractivity contribution in [1.82, 2.24) is 24.0 Å². The second-order valence-electron chi connectivity index (χ2n) is 6.51. The highest BCUT2D eigenvalue weighted by molar-refractivity contribution is 7.08. The third kappa shape index (κ3) is 3.82. The van der Waals surface area contributed by atoms with Crippen molar-refractivity contribution in [2.24, 2.45) is 0 Å². The molecule has 2 aromatic heterocycles.